The van der Waals surface area contributed by atoms with Crippen LogP contribution in [0.15, 0.2) is 36.0 Å². The van der Waals surface area contributed by atoms with E-state index in [1.54, 1.807) is 28.4 Å². The minimum Gasteiger partial charge on any atom is -0.352 e. The van der Waals surface area contributed by atoms with Crippen LogP contribution in [-0.4, -0.2) is 41.2 Å². The average Bonchev–Trinajstić information content (AvgIpc) is 3.10. The first kappa shape index (κ1) is 14.7. The van der Waals surface area contributed by atoms with Crippen molar-refractivity contribution in [3.63, 3.8) is 0 Å². The number of carbonyl (C=O) groups is 1. The summed E-state index contributed by atoms with van der Waals surface area (Å²) in [7, 11) is 4.04. The SMILES string of the molecule is C[C@H](C(=O)NC[C@H](c1cccs1)N(C)C)n1cccn1. The lowest BCUT2D eigenvalue weighted by molar-refractivity contribution is -0.124. The van der Waals surface area contributed by atoms with Gasteiger partial charge in [0.2, 0.25) is 5.91 Å². The molecule has 0 spiro atoms. The third-order valence-electron chi connectivity index (χ3n) is 3.27. The van der Waals surface area contributed by atoms with Gasteiger partial charge in [0, 0.05) is 23.8 Å². The van der Waals surface area contributed by atoms with Gasteiger partial charge in [-0.15, -0.1) is 11.3 Å². The maximum absolute atomic E-state index is 12.2. The Morgan fingerprint density at radius 1 is 1.50 bits per heavy atom. The maximum atomic E-state index is 12.2. The molecule has 0 fully saturated rings. The highest BCUT2D eigenvalue weighted by Crippen LogP contribution is 2.22. The van der Waals surface area contributed by atoms with E-state index in [0.717, 1.165) is 0 Å². The molecule has 2 rings (SSSR count). The third kappa shape index (κ3) is 3.46. The zero-order valence-corrected chi connectivity index (χ0v) is 12.8. The zero-order chi connectivity index (χ0) is 14.5. The summed E-state index contributed by atoms with van der Waals surface area (Å²) in [4.78, 5) is 15.5. The van der Waals surface area contributed by atoms with Crippen molar-refractivity contribution in [1.29, 1.82) is 0 Å². The number of thiophene rings is 1. The Kier molecular flexibility index (Phi) is 4.92. The second-order valence-electron chi connectivity index (χ2n) is 4.90. The van der Waals surface area contributed by atoms with Gasteiger partial charge in [0.05, 0.1) is 6.04 Å². The number of hydrogen-bond acceptors (Lipinski definition) is 4. The molecule has 0 unspecified atom stereocenters. The highest BCUT2D eigenvalue weighted by atomic mass is 32.1. The fourth-order valence-electron chi connectivity index (χ4n) is 1.99. The molecule has 20 heavy (non-hydrogen) atoms. The number of hydrogen-bond donors (Lipinski definition) is 1. The molecule has 2 aromatic heterocycles. The van der Waals surface area contributed by atoms with E-state index in [4.69, 9.17) is 0 Å². The van der Waals surface area contributed by atoms with Gasteiger partial charge in [0.25, 0.3) is 0 Å². The van der Waals surface area contributed by atoms with Gasteiger partial charge >= 0.3 is 0 Å². The number of nitrogens with one attached hydrogen (secondary N) is 1. The van der Waals surface area contributed by atoms with Crippen LogP contribution >= 0.6 is 11.3 Å². The lowest BCUT2D eigenvalue weighted by atomic mass is 10.2. The normalized spacial score (nSPS) is 14.2. The minimum absolute atomic E-state index is 0.0166. The molecule has 6 heteroatoms. The zero-order valence-electron chi connectivity index (χ0n) is 12.0. The molecule has 0 aliphatic carbocycles. The number of amides is 1. The summed E-state index contributed by atoms with van der Waals surface area (Å²) in [5.41, 5.74) is 0. The van der Waals surface area contributed by atoms with Crippen molar-refractivity contribution in [1.82, 2.24) is 20.0 Å². The van der Waals surface area contributed by atoms with Crippen LogP contribution < -0.4 is 5.32 Å². The molecule has 108 valence electrons. The molecule has 0 bridgehead atoms. The van der Waals surface area contributed by atoms with Crippen molar-refractivity contribution in [3.8, 4) is 0 Å². The van der Waals surface area contributed by atoms with Crippen LogP contribution in [0.1, 0.15) is 23.9 Å². The second-order valence-corrected chi connectivity index (χ2v) is 5.88. The van der Waals surface area contributed by atoms with Crippen LogP contribution in [0.3, 0.4) is 0 Å². The fraction of sp³-hybridized carbons (Fsp3) is 0.429. The van der Waals surface area contributed by atoms with E-state index in [9.17, 15) is 4.79 Å². The lowest BCUT2D eigenvalue weighted by Crippen LogP contribution is -2.37. The second kappa shape index (κ2) is 6.67. The van der Waals surface area contributed by atoms with Crippen LogP contribution in [0.4, 0.5) is 0 Å². The molecular formula is C14H20N4OS. The highest BCUT2D eigenvalue weighted by Gasteiger charge is 2.19. The molecule has 0 saturated carbocycles. The van der Waals surface area contributed by atoms with Crippen molar-refractivity contribution in [2.45, 2.75) is 19.0 Å². The Bertz CT molecular complexity index is 521. The van der Waals surface area contributed by atoms with E-state index in [-0.39, 0.29) is 18.0 Å². The van der Waals surface area contributed by atoms with Crippen LogP contribution in [0.25, 0.3) is 0 Å². The van der Waals surface area contributed by atoms with Crippen molar-refractivity contribution in [3.05, 3.63) is 40.8 Å². The number of aromatic nitrogens is 2. The molecule has 0 radical (unpaired) electrons. The minimum atomic E-state index is -0.295. The summed E-state index contributed by atoms with van der Waals surface area (Å²) in [5, 5.41) is 9.16. The molecule has 0 saturated heterocycles. The first-order chi connectivity index (χ1) is 9.59. The van der Waals surface area contributed by atoms with Crippen LogP contribution in [0.2, 0.25) is 0 Å². The summed E-state index contributed by atoms with van der Waals surface area (Å²) in [6, 6.07) is 5.85. The van der Waals surface area contributed by atoms with Gasteiger partial charge < -0.3 is 10.2 Å². The van der Waals surface area contributed by atoms with Gasteiger partial charge in [0.15, 0.2) is 0 Å². The van der Waals surface area contributed by atoms with E-state index >= 15 is 0 Å². The van der Waals surface area contributed by atoms with Crippen molar-refractivity contribution in [2.75, 3.05) is 20.6 Å². The average molecular weight is 292 g/mol. The van der Waals surface area contributed by atoms with Crippen molar-refractivity contribution in [2.24, 2.45) is 0 Å². The fourth-order valence-corrected chi connectivity index (χ4v) is 2.92. The summed E-state index contributed by atoms with van der Waals surface area (Å²) in [6.45, 7) is 2.44. The largest absolute Gasteiger partial charge is 0.352 e. The van der Waals surface area contributed by atoms with E-state index < -0.39 is 0 Å². The first-order valence-electron chi connectivity index (χ1n) is 6.56. The number of nitrogens with zero attached hydrogens (tertiary/aromatic N) is 3. The molecule has 0 aliphatic heterocycles. The third-order valence-corrected chi connectivity index (χ3v) is 4.24. The molecule has 1 amide bonds. The lowest BCUT2D eigenvalue weighted by Gasteiger charge is -2.24. The molecule has 1 N–H and O–H groups in total. The first-order valence-corrected chi connectivity index (χ1v) is 7.44. The van der Waals surface area contributed by atoms with Crippen molar-refractivity contribution < 1.29 is 4.79 Å². The Labute approximate surface area is 123 Å². The monoisotopic (exact) mass is 292 g/mol. The van der Waals surface area contributed by atoms with E-state index in [2.05, 4.69) is 26.8 Å². The van der Waals surface area contributed by atoms with E-state index in [1.807, 2.05) is 33.2 Å². The molecule has 0 aliphatic rings. The molecule has 2 aromatic rings. The van der Waals surface area contributed by atoms with E-state index in [0.29, 0.717) is 6.54 Å². The van der Waals surface area contributed by atoms with Gasteiger partial charge in [-0.05, 0) is 38.5 Å². The maximum Gasteiger partial charge on any atom is 0.244 e. The molecule has 2 atom stereocenters. The standard InChI is InChI=1S/C14H20N4OS/c1-11(18-8-5-7-16-18)14(19)15-10-12(17(2)3)13-6-4-9-20-13/h4-9,11-12H,10H2,1-3H3,(H,15,19)/t11-,12-/m1/s1. The topological polar surface area (TPSA) is 50.2 Å². The number of rotatable bonds is 6. The van der Waals surface area contributed by atoms with Gasteiger partial charge in [-0.2, -0.15) is 5.10 Å². The Morgan fingerprint density at radius 2 is 2.30 bits per heavy atom. The van der Waals surface area contributed by atoms with E-state index in [1.165, 1.54) is 4.88 Å². The predicted octanol–water partition coefficient (Wildman–Crippen LogP) is 1.92. The van der Waals surface area contributed by atoms with Gasteiger partial charge in [-0.3, -0.25) is 9.48 Å². The summed E-state index contributed by atoms with van der Waals surface area (Å²) in [5.74, 6) is -0.0166. The van der Waals surface area contributed by atoms with Crippen molar-refractivity contribution >= 4 is 17.2 Å². The summed E-state index contributed by atoms with van der Waals surface area (Å²) >= 11 is 1.71. The van der Waals surface area contributed by atoms with Gasteiger partial charge in [-0.1, -0.05) is 6.07 Å². The Balaban J connectivity index is 1.94. The highest BCUT2D eigenvalue weighted by molar-refractivity contribution is 7.10. The van der Waals surface area contributed by atoms with Crippen LogP contribution in [0.5, 0.6) is 0 Å². The smallest absolute Gasteiger partial charge is 0.244 e. The molecule has 2 heterocycles. The van der Waals surface area contributed by atoms with Crippen LogP contribution in [-0.2, 0) is 4.79 Å². The predicted molar refractivity (Wildman–Crippen MR) is 80.7 cm³/mol. The number of likely N-dealkylation sites (N-methyl/N-ethyl adjacent to an activating group) is 1. The van der Waals surface area contributed by atoms with Gasteiger partial charge in [0.1, 0.15) is 6.04 Å². The Morgan fingerprint density at radius 3 is 2.85 bits per heavy atom. The summed E-state index contributed by atoms with van der Waals surface area (Å²) in [6.07, 6.45) is 3.48. The number of carbonyl (C=O) groups excluding carboxylic acids is 1. The summed E-state index contributed by atoms with van der Waals surface area (Å²) < 4.78 is 1.66. The van der Waals surface area contributed by atoms with Gasteiger partial charge in [-0.25, -0.2) is 0 Å². The molecular weight excluding hydrogens is 272 g/mol. The molecule has 5 nitrogen and oxygen atoms in total. The Hall–Kier alpha value is -1.66. The quantitative estimate of drug-likeness (QED) is 0.885. The van der Waals surface area contributed by atoms with Crippen LogP contribution in [0, 0.1) is 0 Å². The molecule has 0 aromatic carbocycles.